The van der Waals surface area contributed by atoms with Gasteiger partial charge in [-0.25, -0.2) is 10.2 Å². The van der Waals surface area contributed by atoms with E-state index in [0.717, 1.165) is 11.1 Å². The van der Waals surface area contributed by atoms with Gasteiger partial charge in [-0.3, -0.25) is 10.2 Å². The number of rotatable bonds is 5. The fraction of sp³-hybridized carbons (Fsp3) is 0.188. The number of carbonyl (C=O) groups excluding carboxylic acids is 1. The van der Waals surface area contributed by atoms with Crippen LogP contribution in [0.3, 0.4) is 0 Å². The van der Waals surface area contributed by atoms with Gasteiger partial charge in [-0.05, 0) is 30.2 Å². The topological polar surface area (TPSA) is 64.4 Å². The summed E-state index contributed by atoms with van der Waals surface area (Å²) in [6.45, 7) is 2.03. The number of nitrogens with two attached hydrogens (primary N) is 1. The highest BCUT2D eigenvalue weighted by Crippen LogP contribution is 2.19. The first-order valence-corrected chi connectivity index (χ1v) is 6.58. The molecule has 0 aliphatic carbocycles. The van der Waals surface area contributed by atoms with E-state index < -0.39 is 0 Å². The lowest BCUT2D eigenvalue weighted by Crippen LogP contribution is -2.33. The van der Waals surface area contributed by atoms with Crippen LogP contribution < -0.4 is 16.0 Å². The predicted molar refractivity (Wildman–Crippen MR) is 77.9 cm³/mol. The summed E-state index contributed by atoms with van der Waals surface area (Å²) >= 11 is 0. The molecule has 1 unspecified atom stereocenters. The van der Waals surface area contributed by atoms with E-state index in [0.29, 0.717) is 0 Å². The molecule has 0 bridgehead atoms. The lowest BCUT2D eigenvalue weighted by molar-refractivity contribution is -0.122. The van der Waals surface area contributed by atoms with Crippen LogP contribution in [-0.4, -0.2) is 5.91 Å². The van der Waals surface area contributed by atoms with Crippen molar-refractivity contribution < 1.29 is 13.9 Å². The van der Waals surface area contributed by atoms with Gasteiger partial charge >= 0.3 is 0 Å². The quantitative estimate of drug-likeness (QED) is 0.505. The van der Waals surface area contributed by atoms with Crippen molar-refractivity contribution in [3.8, 4) is 5.75 Å². The first-order valence-electron chi connectivity index (χ1n) is 6.58. The Bertz CT molecular complexity index is 614. The van der Waals surface area contributed by atoms with Gasteiger partial charge in [0.25, 0.3) is 0 Å². The molecule has 1 amide bonds. The second kappa shape index (κ2) is 6.85. The minimum atomic E-state index is -0.387. The van der Waals surface area contributed by atoms with Crippen molar-refractivity contribution >= 4 is 5.91 Å². The zero-order valence-corrected chi connectivity index (χ0v) is 11.7. The molecule has 21 heavy (non-hydrogen) atoms. The molecular formula is C16H17FN2O2. The van der Waals surface area contributed by atoms with E-state index in [-0.39, 0.29) is 30.0 Å². The SMILES string of the molecule is CC(C(=O)NN)c1ccc(COc2ccccc2F)cc1. The number of hydrogen-bond donors (Lipinski definition) is 2. The molecule has 0 aromatic heterocycles. The van der Waals surface area contributed by atoms with Crippen LogP contribution in [0.2, 0.25) is 0 Å². The maximum Gasteiger partial charge on any atom is 0.241 e. The summed E-state index contributed by atoms with van der Waals surface area (Å²) < 4.78 is 18.8. The molecule has 2 aromatic carbocycles. The monoisotopic (exact) mass is 288 g/mol. The highest BCUT2D eigenvalue weighted by Gasteiger charge is 2.13. The van der Waals surface area contributed by atoms with E-state index in [2.05, 4.69) is 5.43 Å². The number of hydrazine groups is 1. The van der Waals surface area contributed by atoms with Crippen molar-refractivity contribution in [2.24, 2.45) is 5.84 Å². The second-order valence-corrected chi connectivity index (χ2v) is 4.69. The Labute approximate surface area is 122 Å². The molecule has 1 atom stereocenters. The average molecular weight is 288 g/mol. The van der Waals surface area contributed by atoms with Crippen LogP contribution >= 0.6 is 0 Å². The van der Waals surface area contributed by atoms with Crippen LogP contribution in [0.15, 0.2) is 48.5 Å². The van der Waals surface area contributed by atoms with Gasteiger partial charge in [0.2, 0.25) is 5.91 Å². The van der Waals surface area contributed by atoms with Gasteiger partial charge in [0, 0.05) is 0 Å². The summed E-state index contributed by atoms with van der Waals surface area (Å²) in [4.78, 5) is 11.4. The van der Waals surface area contributed by atoms with Crippen molar-refractivity contribution in [2.45, 2.75) is 19.4 Å². The maximum atomic E-state index is 13.4. The third-order valence-electron chi connectivity index (χ3n) is 3.25. The van der Waals surface area contributed by atoms with E-state index >= 15 is 0 Å². The summed E-state index contributed by atoms with van der Waals surface area (Å²) in [5.74, 6) is 4.38. The first kappa shape index (κ1) is 15.0. The highest BCUT2D eigenvalue weighted by atomic mass is 19.1. The Morgan fingerprint density at radius 1 is 1.24 bits per heavy atom. The smallest absolute Gasteiger partial charge is 0.241 e. The minimum absolute atomic E-state index is 0.220. The highest BCUT2D eigenvalue weighted by molar-refractivity contribution is 5.82. The van der Waals surface area contributed by atoms with E-state index in [1.54, 1.807) is 25.1 Å². The molecule has 4 nitrogen and oxygen atoms in total. The number of carbonyl (C=O) groups is 1. The maximum absolute atomic E-state index is 13.4. The van der Waals surface area contributed by atoms with Crippen molar-refractivity contribution in [1.82, 2.24) is 5.43 Å². The van der Waals surface area contributed by atoms with Crippen LogP contribution in [0.25, 0.3) is 0 Å². The molecule has 0 radical (unpaired) electrons. The number of amides is 1. The lowest BCUT2D eigenvalue weighted by atomic mass is 9.99. The summed E-state index contributed by atoms with van der Waals surface area (Å²) in [5.41, 5.74) is 3.87. The molecular weight excluding hydrogens is 271 g/mol. The standard InChI is InChI=1S/C16H17FN2O2/c1-11(16(20)19-18)13-8-6-12(7-9-13)10-21-15-5-3-2-4-14(15)17/h2-9,11H,10,18H2,1H3,(H,19,20). The van der Waals surface area contributed by atoms with Crippen LogP contribution in [0.1, 0.15) is 24.0 Å². The minimum Gasteiger partial charge on any atom is -0.486 e. The van der Waals surface area contributed by atoms with Crippen molar-refractivity contribution in [3.63, 3.8) is 0 Å². The normalized spacial score (nSPS) is 11.8. The Morgan fingerprint density at radius 3 is 2.52 bits per heavy atom. The van der Waals surface area contributed by atoms with Crippen LogP contribution in [0, 0.1) is 5.82 Å². The van der Waals surface area contributed by atoms with E-state index in [4.69, 9.17) is 10.6 Å². The molecule has 5 heteroatoms. The number of halogens is 1. The van der Waals surface area contributed by atoms with Gasteiger partial charge in [0.05, 0.1) is 5.92 Å². The Kier molecular flexibility index (Phi) is 4.90. The lowest BCUT2D eigenvalue weighted by Gasteiger charge is -2.11. The largest absolute Gasteiger partial charge is 0.486 e. The van der Waals surface area contributed by atoms with Crippen molar-refractivity contribution in [1.29, 1.82) is 0 Å². The molecule has 110 valence electrons. The number of para-hydroxylation sites is 1. The van der Waals surface area contributed by atoms with Gasteiger partial charge in [-0.1, -0.05) is 36.4 Å². The molecule has 0 saturated heterocycles. The third-order valence-corrected chi connectivity index (χ3v) is 3.25. The van der Waals surface area contributed by atoms with Crippen LogP contribution in [0.4, 0.5) is 4.39 Å². The van der Waals surface area contributed by atoms with Gasteiger partial charge in [0.15, 0.2) is 11.6 Å². The second-order valence-electron chi connectivity index (χ2n) is 4.69. The zero-order chi connectivity index (χ0) is 15.2. The Morgan fingerprint density at radius 2 is 1.90 bits per heavy atom. The van der Waals surface area contributed by atoms with E-state index in [1.165, 1.54) is 6.07 Å². The molecule has 0 aliphatic heterocycles. The molecule has 3 N–H and O–H groups in total. The summed E-state index contributed by atoms with van der Waals surface area (Å²) in [6, 6.07) is 13.6. The molecule has 0 saturated carbocycles. The van der Waals surface area contributed by atoms with Gasteiger partial charge in [-0.15, -0.1) is 0 Å². The molecule has 0 heterocycles. The fourth-order valence-electron chi connectivity index (χ4n) is 1.90. The van der Waals surface area contributed by atoms with Gasteiger partial charge in [-0.2, -0.15) is 0 Å². The fourth-order valence-corrected chi connectivity index (χ4v) is 1.90. The molecule has 2 rings (SSSR count). The number of nitrogens with one attached hydrogen (secondary N) is 1. The van der Waals surface area contributed by atoms with Crippen molar-refractivity contribution in [2.75, 3.05) is 0 Å². The molecule has 0 fully saturated rings. The number of hydrogen-bond acceptors (Lipinski definition) is 3. The van der Waals surface area contributed by atoms with Gasteiger partial charge in [0.1, 0.15) is 6.61 Å². The third kappa shape index (κ3) is 3.79. The molecule has 0 aliphatic rings. The summed E-state index contributed by atoms with van der Waals surface area (Å²) in [6.07, 6.45) is 0. The zero-order valence-electron chi connectivity index (χ0n) is 11.7. The number of ether oxygens (including phenoxy) is 1. The summed E-state index contributed by atoms with van der Waals surface area (Å²) in [5, 5.41) is 0. The van der Waals surface area contributed by atoms with E-state index in [1.807, 2.05) is 24.3 Å². The Hall–Kier alpha value is -2.40. The molecule has 2 aromatic rings. The van der Waals surface area contributed by atoms with Gasteiger partial charge < -0.3 is 4.74 Å². The first-order chi connectivity index (χ1) is 10.1. The van der Waals surface area contributed by atoms with Crippen LogP contribution in [-0.2, 0) is 11.4 Å². The summed E-state index contributed by atoms with van der Waals surface area (Å²) in [7, 11) is 0. The average Bonchev–Trinajstić information content (AvgIpc) is 2.53. The number of benzene rings is 2. The van der Waals surface area contributed by atoms with Crippen molar-refractivity contribution in [3.05, 3.63) is 65.5 Å². The Balaban J connectivity index is 2.00. The predicted octanol–water partition coefficient (Wildman–Crippen LogP) is 2.50. The van der Waals surface area contributed by atoms with Crippen LogP contribution in [0.5, 0.6) is 5.75 Å². The van der Waals surface area contributed by atoms with E-state index in [9.17, 15) is 9.18 Å². The molecule has 0 spiro atoms.